The number of hydrogen-bond acceptors (Lipinski definition) is 5. The van der Waals surface area contributed by atoms with Crippen molar-refractivity contribution >= 4 is 34.4 Å². The van der Waals surface area contributed by atoms with Gasteiger partial charge in [-0.1, -0.05) is 30.7 Å². The molecule has 214 valence electrons. The van der Waals surface area contributed by atoms with Crippen molar-refractivity contribution in [2.45, 2.75) is 63.3 Å². The molecule has 0 heterocycles. The molecule has 7 nitrogen and oxygen atoms in total. The lowest BCUT2D eigenvalue weighted by Crippen LogP contribution is -2.55. The van der Waals surface area contributed by atoms with Gasteiger partial charge in [-0.25, -0.2) is 4.39 Å². The van der Waals surface area contributed by atoms with Crippen LogP contribution in [0.3, 0.4) is 0 Å². The predicted molar refractivity (Wildman–Crippen MR) is 157 cm³/mol. The highest BCUT2D eigenvalue weighted by Gasteiger charge is 2.44. The summed E-state index contributed by atoms with van der Waals surface area (Å²) < 4.78 is 20.8. The first kappa shape index (κ1) is 29.0. The van der Waals surface area contributed by atoms with Gasteiger partial charge in [-0.3, -0.25) is 9.59 Å². The summed E-state index contributed by atoms with van der Waals surface area (Å²) >= 11 is 2.15. The van der Waals surface area contributed by atoms with Crippen LogP contribution in [-0.4, -0.2) is 58.3 Å². The van der Waals surface area contributed by atoms with E-state index in [0.29, 0.717) is 35.5 Å². The van der Waals surface area contributed by atoms with Gasteiger partial charge < -0.3 is 25.2 Å². The van der Waals surface area contributed by atoms with Gasteiger partial charge in [0.05, 0.1) is 16.2 Å². The lowest BCUT2D eigenvalue weighted by atomic mass is 9.84. The molecule has 2 aromatic carbocycles. The summed E-state index contributed by atoms with van der Waals surface area (Å²) in [6.07, 6.45) is 4.81. The molecule has 0 aliphatic heterocycles. The van der Waals surface area contributed by atoms with Gasteiger partial charge in [-0.15, -0.1) is 0 Å². The largest absolute Gasteiger partial charge is 0.482 e. The first-order valence-corrected chi connectivity index (χ1v) is 15.1. The van der Waals surface area contributed by atoms with Crippen molar-refractivity contribution in [3.63, 3.8) is 0 Å². The lowest BCUT2D eigenvalue weighted by molar-refractivity contribution is -0.141. The standard InChI is InChI=1S/C31H36FIN2O5/c32-24-9-6-19(7-10-24)18-35(29(37)17-22-14-20-5-8-21(22)13-20)26-15-23(31(39)34-11-12-36)16-28(30(26)38)40-27-4-2-1-3-25(27)33/h1-4,6-7,9-10,16,20-22,26,28,30,36,38H,5,8,11-15,17-18H2,(H,34,39). The molecule has 6 unspecified atom stereocenters. The number of ether oxygens (including phenoxy) is 1. The lowest BCUT2D eigenvalue weighted by Gasteiger charge is -2.41. The van der Waals surface area contributed by atoms with Gasteiger partial charge >= 0.3 is 0 Å². The van der Waals surface area contributed by atoms with E-state index < -0.39 is 18.2 Å². The van der Waals surface area contributed by atoms with Gasteiger partial charge in [0, 0.05) is 31.5 Å². The molecule has 3 aliphatic carbocycles. The molecule has 0 saturated heterocycles. The SMILES string of the molecule is O=C(NCCO)C1=CC(Oc2ccccc2I)C(O)C(N(Cc2ccc(F)cc2)C(=O)CC2CC3CCC2C3)C1. The molecule has 3 aliphatic rings. The maximum absolute atomic E-state index is 14.0. The minimum atomic E-state index is -1.10. The Morgan fingerprint density at radius 3 is 2.55 bits per heavy atom. The molecule has 2 amide bonds. The third-order valence-corrected chi connectivity index (χ3v) is 9.51. The van der Waals surface area contributed by atoms with E-state index in [0.717, 1.165) is 22.0 Å². The fourth-order valence-corrected chi connectivity index (χ4v) is 7.13. The summed E-state index contributed by atoms with van der Waals surface area (Å²) in [5, 5.41) is 23.6. The molecule has 2 fully saturated rings. The van der Waals surface area contributed by atoms with Gasteiger partial charge in [-0.2, -0.15) is 0 Å². The smallest absolute Gasteiger partial charge is 0.247 e. The zero-order chi connectivity index (χ0) is 28.2. The van der Waals surface area contributed by atoms with Crippen molar-refractivity contribution < 1.29 is 28.9 Å². The average Bonchev–Trinajstić information content (AvgIpc) is 3.57. The van der Waals surface area contributed by atoms with Gasteiger partial charge in [0.25, 0.3) is 0 Å². The quantitative estimate of drug-likeness (QED) is 0.332. The summed E-state index contributed by atoms with van der Waals surface area (Å²) in [5.41, 5.74) is 1.13. The van der Waals surface area contributed by atoms with Crippen LogP contribution in [-0.2, 0) is 16.1 Å². The van der Waals surface area contributed by atoms with Gasteiger partial charge in [0.15, 0.2) is 0 Å². The number of hydrogen-bond donors (Lipinski definition) is 3. The van der Waals surface area contributed by atoms with E-state index >= 15 is 0 Å². The van der Waals surface area contributed by atoms with Gasteiger partial charge in [-0.05, 0) is 95.5 Å². The molecular formula is C31H36FIN2O5. The average molecular weight is 663 g/mol. The molecule has 0 spiro atoms. The maximum atomic E-state index is 14.0. The Labute approximate surface area is 247 Å². The molecule has 40 heavy (non-hydrogen) atoms. The summed E-state index contributed by atoms with van der Waals surface area (Å²) in [7, 11) is 0. The van der Waals surface area contributed by atoms with E-state index in [1.165, 1.54) is 25.0 Å². The van der Waals surface area contributed by atoms with E-state index in [1.807, 2.05) is 18.2 Å². The number of aliphatic hydroxyl groups is 2. The monoisotopic (exact) mass is 662 g/mol. The van der Waals surface area contributed by atoms with E-state index in [1.54, 1.807) is 29.2 Å². The number of para-hydroxylation sites is 1. The number of nitrogens with one attached hydrogen (secondary N) is 1. The summed E-state index contributed by atoms with van der Waals surface area (Å²) in [4.78, 5) is 28.7. The summed E-state index contributed by atoms with van der Waals surface area (Å²) in [5.74, 6) is 1.35. The molecule has 5 rings (SSSR count). The van der Waals surface area contributed by atoms with Crippen molar-refractivity contribution in [1.29, 1.82) is 0 Å². The third-order valence-electron chi connectivity index (χ3n) is 8.62. The number of carbonyl (C=O) groups is 2. The van der Waals surface area contributed by atoms with E-state index in [9.17, 15) is 24.2 Å². The van der Waals surface area contributed by atoms with Crippen LogP contribution < -0.4 is 10.1 Å². The molecule has 2 bridgehead atoms. The van der Waals surface area contributed by atoms with Crippen LogP contribution in [0.5, 0.6) is 5.75 Å². The van der Waals surface area contributed by atoms with E-state index in [2.05, 4.69) is 27.9 Å². The van der Waals surface area contributed by atoms with E-state index in [-0.39, 0.29) is 43.7 Å². The normalized spacial score (nSPS) is 27.2. The Hall–Kier alpha value is -2.50. The van der Waals surface area contributed by atoms with Crippen LogP contribution in [0.25, 0.3) is 0 Å². The first-order chi connectivity index (χ1) is 19.3. The second-order valence-corrected chi connectivity index (χ2v) is 12.4. The number of halogens is 2. The molecule has 2 aromatic rings. The fourth-order valence-electron chi connectivity index (χ4n) is 6.61. The van der Waals surface area contributed by atoms with Crippen LogP contribution in [0, 0.1) is 27.1 Å². The molecule has 2 saturated carbocycles. The van der Waals surface area contributed by atoms with Crippen LogP contribution >= 0.6 is 22.6 Å². The highest BCUT2D eigenvalue weighted by atomic mass is 127. The fraction of sp³-hybridized carbons (Fsp3) is 0.484. The third kappa shape index (κ3) is 6.69. The van der Waals surface area contributed by atoms with Crippen LogP contribution in [0.2, 0.25) is 0 Å². The maximum Gasteiger partial charge on any atom is 0.247 e. The van der Waals surface area contributed by atoms with Crippen molar-refractivity contribution in [2.75, 3.05) is 13.2 Å². The van der Waals surface area contributed by atoms with Gasteiger partial charge in [0.1, 0.15) is 23.8 Å². The highest BCUT2D eigenvalue weighted by Crippen LogP contribution is 2.49. The number of nitrogens with zero attached hydrogens (tertiary/aromatic N) is 1. The molecule has 3 N–H and O–H groups in total. The second-order valence-electron chi connectivity index (χ2n) is 11.2. The number of fused-ring (bicyclic) bond motifs is 2. The van der Waals surface area contributed by atoms with Gasteiger partial charge in [0.2, 0.25) is 11.8 Å². The minimum Gasteiger partial charge on any atom is -0.482 e. The van der Waals surface area contributed by atoms with Crippen molar-refractivity contribution in [3.8, 4) is 5.75 Å². The molecule has 9 heteroatoms. The predicted octanol–water partition coefficient (Wildman–Crippen LogP) is 4.20. The number of benzene rings is 2. The molecule has 6 atom stereocenters. The minimum absolute atomic E-state index is 0.0732. The van der Waals surface area contributed by atoms with Crippen LogP contribution in [0.15, 0.2) is 60.2 Å². The Morgan fingerprint density at radius 1 is 1.10 bits per heavy atom. The Morgan fingerprint density at radius 2 is 1.88 bits per heavy atom. The Bertz CT molecular complexity index is 1240. The van der Waals surface area contributed by atoms with E-state index in [4.69, 9.17) is 4.74 Å². The highest BCUT2D eigenvalue weighted by molar-refractivity contribution is 14.1. The zero-order valence-electron chi connectivity index (χ0n) is 22.3. The van der Waals surface area contributed by atoms with Crippen molar-refractivity contribution in [1.82, 2.24) is 10.2 Å². The Kier molecular flexibility index (Phi) is 9.42. The number of rotatable bonds is 10. The van der Waals surface area contributed by atoms with Crippen LogP contribution in [0.4, 0.5) is 4.39 Å². The zero-order valence-corrected chi connectivity index (χ0v) is 24.5. The van der Waals surface area contributed by atoms with Crippen molar-refractivity contribution in [3.05, 3.63) is 75.1 Å². The number of carbonyl (C=O) groups excluding carboxylic acids is 2. The topological polar surface area (TPSA) is 99.1 Å². The summed E-state index contributed by atoms with van der Waals surface area (Å²) in [6, 6.07) is 12.7. The first-order valence-electron chi connectivity index (χ1n) is 14.0. The molecular weight excluding hydrogens is 626 g/mol. The molecule has 0 aromatic heterocycles. The second kappa shape index (κ2) is 13.0. The molecule has 0 radical (unpaired) electrons. The van der Waals surface area contributed by atoms with Crippen molar-refractivity contribution in [2.24, 2.45) is 17.8 Å². The Balaban J connectivity index is 1.45. The number of amides is 2. The van der Waals surface area contributed by atoms with Crippen LogP contribution in [0.1, 0.15) is 44.1 Å². The summed E-state index contributed by atoms with van der Waals surface area (Å²) in [6.45, 7) is 0.0721. The number of aliphatic hydroxyl groups excluding tert-OH is 2.